The highest BCUT2D eigenvalue weighted by Gasteiger charge is 2.46. The number of aliphatic hydroxyl groups is 1. The molecule has 1 atom stereocenters. The predicted molar refractivity (Wildman–Crippen MR) is 103 cm³/mol. The normalized spacial score (nSPS) is 18.5. The van der Waals surface area contributed by atoms with E-state index in [0.29, 0.717) is 23.6 Å². The van der Waals surface area contributed by atoms with E-state index in [2.05, 4.69) is 4.98 Å². The van der Waals surface area contributed by atoms with Crippen LogP contribution in [0.25, 0.3) is 5.76 Å². The van der Waals surface area contributed by atoms with Gasteiger partial charge in [-0.15, -0.1) is 0 Å². The van der Waals surface area contributed by atoms with E-state index in [9.17, 15) is 14.7 Å². The van der Waals surface area contributed by atoms with E-state index >= 15 is 0 Å². The largest absolute Gasteiger partial charge is 0.507 e. The molecule has 2 aromatic rings. The zero-order valence-corrected chi connectivity index (χ0v) is 15.8. The predicted octanol–water partition coefficient (Wildman–Crippen LogP) is 2.55. The van der Waals surface area contributed by atoms with Gasteiger partial charge < -0.3 is 19.5 Å². The van der Waals surface area contributed by atoms with Gasteiger partial charge in [-0.25, -0.2) is 0 Å². The Morgan fingerprint density at radius 3 is 2.71 bits per heavy atom. The van der Waals surface area contributed by atoms with Gasteiger partial charge in [0.25, 0.3) is 11.7 Å². The molecule has 0 radical (unpaired) electrons. The molecule has 0 aliphatic carbocycles. The third-order valence-corrected chi connectivity index (χ3v) is 4.46. The number of hydrogen-bond acceptors (Lipinski definition) is 6. The second kappa shape index (κ2) is 8.67. The van der Waals surface area contributed by atoms with Gasteiger partial charge in [-0.05, 0) is 31.2 Å². The first-order valence-electron chi connectivity index (χ1n) is 9.00. The number of methoxy groups -OCH3 is 1. The molecule has 146 valence electrons. The van der Waals surface area contributed by atoms with Crippen LogP contribution in [0.2, 0.25) is 0 Å². The monoisotopic (exact) mass is 382 g/mol. The Balaban J connectivity index is 2.12. The number of likely N-dealkylation sites (tertiary alicyclic amines) is 1. The standard InChI is InChI=1S/C21H22N2O5/c1-3-28-15-8-6-7-14(13-15)19(24)17-18(16-9-4-5-10-22-16)23(11-12-27-2)21(26)20(17)25/h4-10,13,18,24H,3,11-12H2,1-2H3/b19-17-. The van der Waals surface area contributed by atoms with Crippen molar-refractivity contribution in [3.63, 3.8) is 0 Å². The lowest BCUT2D eigenvalue weighted by molar-refractivity contribution is -0.140. The van der Waals surface area contributed by atoms with Gasteiger partial charge in [0.2, 0.25) is 0 Å². The van der Waals surface area contributed by atoms with Gasteiger partial charge in [-0.1, -0.05) is 18.2 Å². The van der Waals surface area contributed by atoms with Crippen LogP contribution in [0.1, 0.15) is 24.2 Å². The Hall–Kier alpha value is -3.19. The Morgan fingerprint density at radius 1 is 1.21 bits per heavy atom. The molecule has 1 saturated heterocycles. The van der Waals surface area contributed by atoms with Crippen molar-refractivity contribution < 1.29 is 24.2 Å². The molecule has 0 saturated carbocycles. The fourth-order valence-electron chi connectivity index (χ4n) is 3.20. The number of pyridine rings is 1. The minimum absolute atomic E-state index is 0.00783. The molecule has 1 N–H and O–H groups in total. The lowest BCUT2D eigenvalue weighted by Gasteiger charge is -2.24. The van der Waals surface area contributed by atoms with Crippen LogP contribution in [0, 0.1) is 0 Å². The molecule has 1 aliphatic rings. The number of aliphatic hydroxyl groups excluding tert-OH is 1. The smallest absolute Gasteiger partial charge is 0.295 e. The number of ketones is 1. The molecule has 1 aromatic carbocycles. The van der Waals surface area contributed by atoms with Gasteiger partial charge in [-0.2, -0.15) is 0 Å². The Kier molecular flexibility index (Phi) is 6.06. The highest BCUT2D eigenvalue weighted by atomic mass is 16.5. The summed E-state index contributed by atoms with van der Waals surface area (Å²) in [6.07, 6.45) is 1.58. The van der Waals surface area contributed by atoms with Crippen LogP contribution in [0.15, 0.2) is 54.2 Å². The van der Waals surface area contributed by atoms with Crippen LogP contribution in [0.4, 0.5) is 0 Å². The number of ether oxygens (including phenoxy) is 2. The molecule has 0 bridgehead atoms. The minimum Gasteiger partial charge on any atom is -0.507 e. The summed E-state index contributed by atoms with van der Waals surface area (Å²) >= 11 is 0. The van der Waals surface area contributed by atoms with E-state index < -0.39 is 17.7 Å². The number of nitrogens with zero attached hydrogens (tertiary/aromatic N) is 2. The molecule has 1 aromatic heterocycles. The van der Waals surface area contributed by atoms with Crippen molar-refractivity contribution in [3.05, 3.63) is 65.5 Å². The van der Waals surface area contributed by atoms with Crippen molar-refractivity contribution in [1.29, 1.82) is 0 Å². The lowest BCUT2D eigenvalue weighted by Crippen LogP contribution is -2.33. The van der Waals surface area contributed by atoms with Gasteiger partial charge in [-0.3, -0.25) is 14.6 Å². The first-order chi connectivity index (χ1) is 13.6. The van der Waals surface area contributed by atoms with Gasteiger partial charge >= 0.3 is 0 Å². The van der Waals surface area contributed by atoms with Crippen LogP contribution in [0.5, 0.6) is 5.75 Å². The third-order valence-electron chi connectivity index (χ3n) is 4.46. The van der Waals surface area contributed by atoms with Crippen molar-refractivity contribution in [1.82, 2.24) is 9.88 Å². The van der Waals surface area contributed by atoms with Crippen molar-refractivity contribution in [2.75, 3.05) is 26.9 Å². The Labute approximate surface area is 163 Å². The molecule has 2 heterocycles. The molecular formula is C21H22N2O5. The van der Waals surface area contributed by atoms with Crippen LogP contribution in [-0.4, -0.2) is 53.5 Å². The molecule has 3 rings (SSSR count). The van der Waals surface area contributed by atoms with Gasteiger partial charge in [0.15, 0.2) is 0 Å². The number of carbonyl (C=O) groups is 2. The molecule has 28 heavy (non-hydrogen) atoms. The minimum atomic E-state index is -0.785. The van der Waals surface area contributed by atoms with Crippen LogP contribution < -0.4 is 4.74 Å². The van der Waals surface area contributed by atoms with Crippen LogP contribution >= 0.6 is 0 Å². The second-order valence-electron chi connectivity index (χ2n) is 6.20. The Bertz CT molecular complexity index is 895. The van der Waals surface area contributed by atoms with Crippen LogP contribution in [0.3, 0.4) is 0 Å². The highest BCUT2D eigenvalue weighted by Crippen LogP contribution is 2.38. The van der Waals surface area contributed by atoms with Gasteiger partial charge in [0, 0.05) is 25.4 Å². The van der Waals surface area contributed by atoms with Crippen molar-refractivity contribution in [2.24, 2.45) is 0 Å². The summed E-state index contributed by atoms with van der Waals surface area (Å²) in [4.78, 5) is 31.1. The number of rotatable bonds is 7. The zero-order valence-electron chi connectivity index (χ0n) is 15.8. The topological polar surface area (TPSA) is 89.0 Å². The molecule has 0 spiro atoms. The van der Waals surface area contributed by atoms with Gasteiger partial charge in [0.1, 0.15) is 17.6 Å². The summed E-state index contributed by atoms with van der Waals surface area (Å²) in [5.41, 5.74) is 0.908. The Morgan fingerprint density at radius 2 is 2.04 bits per heavy atom. The van der Waals surface area contributed by atoms with Crippen LogP contribution in [-0.2, 0) is 14.3 Å². The molecular weight excluding hydrogens is 360 g/mol. The third kappa shape index (κ3) is 3.75. The number of amides is 1. The van der Waals surface area contributed by atoms with Gasteiger partial charge in [0.05, 0.1) is 24.5 Å². The summed E-state index contributed by atoms with van der Waals surface area (Å²) in [6, 6.07) is 11.2. The zero-order chi connectivity index (χ0) is 20.1. The number of aromatic nitrogens is 1. The average Bonchev–Trinajstić information content (AvgIpc) is 2.97. The lowest BCUT2D eigenvalue weighted by atomic mass is 9.98. The molecule has 7 heteroatoms. The molecule has 1 fully saturated rings. The van der Waals surface area contributed by atoms with E-state index in [4.69, 9.17) is 9.47 Å². The van der Waals surface area contributed by atoms with Crippen molar-refractivity contribution >= 4 is 17.4 Å². The highest BCUT2D eigenvalue weighted by molar-refractivity contribution is 6.46. The van der Waals surface area contributed by atoms with E-state index in [0.717, 1.165) is 0 Å². The number of carbonyl (C=O) groups excluding carboxylic acids is 2. The quantitative estimate of drug-likeness (QED) is 0.450. The number of benzene rings is 1. The molecule has 7 nitrogen and oxygen atoms in total. The summed E-state index contributed by atoms with van der Waals surface area (Å²) in [5, 5.41) is 10.9. The summed E-state index contributed by atoms with van der Waals surface area (Å²) in [7, 11) is 1.52. The molecule has 1 unspecified atom stereocenters. The van der Waals surface area contributed by atoms with Crippen molar-refractivity contribution in [2.45, 2.75) is 13.0 Å². The summed E-state index contributed by atoms with van der Waals surface area (Å²) in [5.74, 6) is -1.12. The molecule has 1 aliphatic heterocycles. The first-order valence-corrected chi connectivity index (χ1v) is 9.00. The maximum Gasteiger partial charge on any atom is 0.295 e. The number of Topliss-reactive ketones (excluding diaryl/α,β-unsaturated/α-hetero) is 1. The average molecular weight is 382 g/mol. The van der Waals surface area contributed by atoms with E-state index in [1.54, 1.807) is 48.7 Å². The molecule has 1 amide bonds. The van der Waals surface area contributed by atoms with E-state index in [-0.39, 0.29) is 24.5 Å². The maximum absolute atomic E-state index is 12.8. The summed E-state index contributed by atoms with van der Waals surface area (Å²) in [6.45, 7) is 2.79. The fraction of sp³-hybridized carbons (Fsp3) is 0.286. The maximum atomic E-state index is 12.8. The fourth-order valence-corrected chi connectivity index (χ4v) is 3.20. The second-order valence-corrected chi connectivity index (χ2v) is 6.20. The van der Waals surface area contributed by atoms with E-state index in [1.807, 2.05) is 6.92 Å². The SMILES string of the molecule is CCOc1cccc(/C(O)=C2/C(=O)C(=O)N(CCOC)C2c2ccccn2)c1. The first kappa shape index (κ1) is 19.6. The summed E-state index contributed by atoms with van der Waals surface area (Å²) < 4.78 is 10.5. The van der Waals surface area contributed by atoms with E-state index in [1.165, 1.54) is 12.0 Å². The number of hydrogen-bond donors (Lipinski definition) is 1. The van der Waals surface area contributed by atoms with Crippen molar-refractivity contribution in [3.8, 4) is 5.75 Å².